The van der Waals surface area contributed by atoms with Gasteiger partial charge in [0, 0.05) is 12.4 Å². The summed E-state index contributed by atoms with van der Waals surface area (Å²) in [7, 11) is 2.06. The zero-order valence-electron chi connectivity index (χ0n) is 9.52. The Balaban J connectivity index is 2.34. The number of likely N-dealkylation sites (tertiary alicyclic amines) is 1. The number of nitrogens with zero attached hydrogens (tertiary/aromatic N) is 2. The van der Waals surface area contributed by atoms with Crippen molar-refractivity contribution in [2.24, 2.45) is 5.73 Å². The Kier molecular flexibility index (Phi) is 2.92. The van der Waals surface area contributed by atoms with Gasteiger partial charge in [-0.05, 0) is 44.6 Å². The Morgan fingerprint density at radius 2 is 2.19 bits per heavy atom. The van der Waals surface area contributed by atoms with Gasteiger partial charge >= 0.3 is 0 Å². The summed E-state index contributed by atoms with van der Waals surface area (Å²) < 4.78 is 0. The van der Waals surface area contributed by atoms with Crippen LogP contribution < -0.4 is 5.73 Å². The molecule has 16 heavy (non-hydrogen) atoms. The minimum Gasteiger partial charge on any atom is -0.369 e. The molecule has 1 saturated heterocycles. The van der Waals surface area contributed by atoms with E-state index in [9.17, 15) is 4.79 Å². The van der Waals surface area contributed by atoms with Crippen molar-refractivity contribution in [1.82, 2.24) is 9.88 Å². The van der Waals surface area contributed by atoms with Gasteiger partial charge in [-0.25, -0.2) is 0 Å². The van der Waals surface area contributed by atoms with Gasteiger partial charge in [0.25, 0.3) is 0 Å². The largest absolute Gasteiger partial charge is 0.369 e. The second-order valence-electron chi connectivity index (χ2n) is 4.49. The van der Waals surface area contributed by atoms with Gasteiger partial charge in [0.15, 0.2) is 0 Å². The second-order valence-corrected chi connectivity index (χ2v) is 4.49. The van der Waals surface area contributed by atoms with Crippen LogP contribution in [0.3, 0.4) is 0 Å². The molecule has 1 aromatic rings. The molecule has 1 aromatic heterocycles. The lowest BCUT2D eigenvalue weighted by Crippen LogP contribution is -2.49. The molecule has 0 aliphatic carbocycles. The van der Waals surface area contributed by atoms with Crippen molar-refractivity contribution < 1.29 is 4.79 Å². The highest BCUT2D eigenvalue weighted by Crippen LogP contribution is 2.34. The predicted octanol–water partition coefficient (Wildman–Crippen LogP) is 0.530. The number of carbonyl (C=O) groups excluding carboxylic acids is 1. The van der Waals surface area contributed by atoms with Crippen LogP contribution in [0.25, 0.3) is 0 Å². The molecule has 86 valence electrons. The maximum atomic E-state index is 11.8. The molecule has 1 amide bonds. The summed E-state index contributed by atoms with van der Waals surface area (Å²) in [4.78, 5) is 18.1. The molecule has 0 radical (unpaired) electrons. The fourth-order valence-electron chi connectivity index (χ4n) is 2.32. The standard InChI is InChI=1S/C12H17N3O/c1-15-7-4-12(5-8-15,11(13)16)10-3-2-6-14-9-10/h2-3,6,9H,4-5,7-8H2,1H3,(H2,13,16). The molecule has 0 spiro atoms. The number of carbonyl (C=O) groups is 1. The van der Waals surface area contributed by atoms with Crippen molar-refractivity contribution in [1.29, 1.82) is 0 Å². The van der Waals surface area contributed by atoms with E-state index in [1.807, 2.05) is 12.1 Å². The molecule has 1 fully saturated rings. The van der Waals surface area contributed by atoms with E-state index < -0.39 is 5.41 Å². The van der Waals surface area contributed by atoms with Crippen molar-refractivity contribution in [3.05, 3.63) is 30.1 Å². The van der Waals surface area contributed by atoms with E-state index in [0.29, 0.717) is 0 Å². The first-order valence-electron chi connectivity index (χ1n) is 5.54. The summed E-state index contributed by atoms with van der Waals surface area (Å²) in [6, 6.07) is 3.81. The first kappa shape index (κ1) is 11.1. The molecule has 0 unspecified atom stereocenters. The summed E-state index contributed by atoms with van der Waals surface area (Å²) >= 11 is 0. The average Bonchev–Trinajstić information content (AvgIpc) is 2.31. The number of aromatic nitrogens is 1. The van der Waals surface area contributed by atoms with E-state index in [1.165, 1.54) is 0 Å². The minimum atomic E-state index is -0.513. The number of piperidine rings is 1. The molecule has 2 N–H and O–H groups in total. The maximum absolute atomic E-state index is 11.8. The highest BCUT2D eigenvalue weighted by atomic mass is 16.1. The van der Waals surface area contributed by atoms with Gasteiger partial charge in [-0.15, -0.1) is 0 Å². The van der Waals surface area contributed by atoms with Gasteiger partial charge in [0.05, 0.1) is 5.41 Å². The molecule has 2 heterocycles. The number of nitrogens with two attached hydrogens (primary N) is 1. The zero-order valence-corrected chi connectivity index (χ0v) is 9.52. The van der Waals surface area contributed by atoms with Crippen LogP contribution in [0.4, 0.5) is 0 Å². The third kappa shape index (κ3) is 1.80. The van der Waals surface area contributed by atoms with Crippen LogP contribution in [-0.2, 0) is 10.2 Å². The lowest BCUT2D eigenvalue weighted by Gasteiger charge is -2.38. The van der Waals surface area contributed by atoms with Gasteiger partial charge in [-0.2, -0.15) is 0 Å². The highest BCUT2D eigenvalue weighted by Gasteiger charge is 2.40. The molecule has 1 aliphatic rings. The fourth-order valence-corrected chi connectivity index (χ4v) is 2.32. The number of primary amides is 1. The van der Waals surface area contributed by atoms with E-state index in [4.69, 9.17) is 5.73 Å². The van der Waals surface area contributed by atoms with Gasteiger partial charge in [0.2, 0.25) is 5.91 Å². The number of rotatable bonds is 2. The predicted molar refractivity (Wildman–Crippen MR) is 61.8 cm³/mol. The Morgan fingerprint density at radius 3 is 2.69 bits per heavy atom. The van der Waals surface area contributed by atoms with Crippen LogP contribution >= 0.6 is 0 Å². The third-order valence-electron chi connectivity index (χ3n) is 3.53. The van der Waals surface area contributed by atoms with Crippen molar-refractivity contribution in [3.63, 3.8) is 0 Å². The number of amides is 1. The summed E-state index contributed by atoms with van der Waals surface area (Å²) in [5.41, 5.74) is 6.04. The molecule has 0 saturated carbocycles. The molecule has 0 atom stereocenters. The number of pyridine rings is 1. The quantitative estimate of drug-likeness (QED) is 0.789. The number of hydrogen-bond donors (Lipinski definition) is 1. The topological polar surface area (TPSA) is 59.2 Å². The molecular formula is C12H17N3O. The van der Waals surface area contributed by atoms with Crippen molar-refractivity contribution in [2.75, 3.05) is 20.1 Å². The van der Waals surface area contributed by atoms with Gasteiger partial charge < -0.3 is 10.6 Å². The Hall–Kier alpha value is -1.42. The molecule has 0 bridgehead atoms. The van der Waals surface area contributed by atoms with Crippen molar-refractivity contribution in [3.8, 4) is 0 Å². The lowest BCUT2D eigenvalue weighted by atomic mass is 9.73. The van der Waals surface area contributed by atoms with Crippen LogP contribution in [0.5, 0.6) is 0 Å². The maximum Gasteiger partial charge on any atom is 0.228 e. The molecule has 2 rings (SSSR count). The fraction of sp³-hybridized carbons (Fsp3) is 0.500. The van der Waals surface area contributed by atoms with Crippen LogP contribution in [0, 0.1) is 0 Å². The highest BCUT2D eigenvalue weighted by molar-refractivity contribution is 5.86. The zero-order chi connectivity index (χ0) is 11.6. The molecule has 4 nitrogen and oxygen atoms in total. The van der Waals surface area contributed by atoms with Gasteiger partial charge in [-0.1, -0.05) is 6.07 Å². The first-order chi connectivity index (χ1) is 7.65. The summed E-state index contributed by atoms with van der Waals surface area (Å²) in [6.45, 7) is 1.80. The van der Waals surface area contributed by atoms with Crippen LogP contribution in [0.2, 0.25) is 0 Å². The van der Waals surface area contributed by atoms with Crippen LogP contribution in [0.15, 0.2) is 24.5 Å². The minimum absolute atomic E-state index is 0.228. The first-order valence-corrected chi connectivity index (χ1v) is 5.54. The summed E-state index contributed by atoms with van der Waals surface area (Å²) in [5, 5.41) is 0. The van der Waals surface area contributed by atoms with E-state index in [0.717, 1.165) is 31.5 Å². The Labute approximate surface area is 95.5 Å². The normalized spacial score (nSPS) is 20.6. The monoisotopic (exact) mass is 219 g/mol. The number of hydrogen-bond acceptors (Lipinski definition) is 3. The van der Waals surface area contributed by atoms with Crippen LogP contribution in [0.1, 0.15) is 18.4 Å². The van der Waals surface area contributed by atoms with Crippen molar-refractivity contribution in [2.45, 2.75) is 18.3 Å². The van der Waals surface area contributed by atoms with Gasteiger partial charge in [0.1, 0.15) is 0 Å². The lowest BCUT2D eigenvalue weighted by molar-refractivity contribution is -0.125. The second kappa shape index (κ2) is 4.22. The molecule has 0 aromatic carbocycles. The van der Waals surface area contributed by atoms with E-state index in [2.05, 4.69) is 16.9 Å². The molecule has 1 aliphatic heterocycles. The smallest absolute Gasteiger partial charge is 0.228 e. The Morgan fingerprint density at radius 1 is 1.50 bits per heavy atom. The van der Waals surface area contributed by atoms with E-state index >= 15 is 0 Å². The molecule has 4 heteroatoms. The average molecular weight is 219 g/mol. The van der Waals surface area contributed by atoms with E-state index in [-0.39, 0.29) is 5.91 Å². The SMILES string of the molecule is CN1CCC(C(N)=O)(c2cccnc2)CC1. The molecular weight excluding hydrogens is 202 g/mol. The van der Waals surface area contributed by atoms with Crippen molar-refractivity contribution >= 4 is 5.91 Å². The third-order valence-corrected chi connectivity index (χ3v) is 3.53. The van der Waals surface area contributed by atoms with Gasteiger partial charge in [-0.3, -0.25) is 9.78 Å². The Bertz CT molecular complexity index is 369. The van der Waals surface area contributed by atoms with E-state index in [1.54, 1.807) is 12.4 Å². The van der Waals surface area contributed by atoms with Crippen LogP contribution in [-0.4, -0.2) is 35.9 Å². The summed E-state index contributed by atoms with van der Waals surface area (Å²) in [6.07, 6.45) is 5.04. The summed E-state index contributed by atoms with van der Waals surface area (Å²) in [5.74, 6) is -0.228.